The largest absolute Gasteiger partial charge is 0.497 e. The van der Waals surface area contributed by atoms with E-state index in [-0.39, 0.29) is 40.5 Å². The van der Waals surface area contributed by atoms with Gasteiger partial charge in [-0.25, -0.2) is 8.42 Å². The van der Waals surface area contributed by atoms with Crippen molar-refractivity contribution in [2.75, 3.05) is 44.8 Å². The standard InChI is InChI=1S/C22H25N3O7S/c1-31-18-3-5-19(6-4-18)32-21-7-2-16(25(27)28)14-20(21)22(26)24-11-9-23(10-12-24)17-8-13-33(29,30)15-17/h2-7,14,17H,8-13,15H2,1H3. The highest BCUT2D eigenvalue weighted by molar-refractivity contribution is 7.91. The maximum atomic E-state index is 13.3. The van der Waals surface area contributed by atoms with Crippen LogP contribution < -0.4 is 9.47 Å². The summed E-state index contributed by atoms with van der Waals surface area (Å²) in [5.74, 6) is 1.34. The van der Waals surface area contributed by atoms with E-state index in [9.17, 15) is 23.3 Å². The van der Waals surface area contributed by atoms with Crippen molar-refractivity contribution in [3.8, 4) is 17.2 Å². The summed E-state index contributed by atoms with van der Waals surface area (Å²) in [6.45, 7) is 1.91. The van der Waals surface area contributed by atoms with Gasteiger partial charge in [-0.2, -0.15) is 0 Å². The van der Waals surface area contributed by atoms with Crippen LogP contribution in [0.25, 0.3) is 0 Å². The van der Waals surface area contributed by atoms with Crippen molar-refractivity contribution < 1.29 is 27.6 Å². The Morgan fingerprint density at radius 1 is 1.06 bits per heavy atom. The number of ether oxygens (including phenoxy) is 2. The molecule has 4 rings (SSSR count). The molecule has 2 fully saturated rings. The van der Waals surface area contributed by atoms with Crippen molar-refractivity contribution in [1.29, 1.82) is 0 Å². The second kappa shape index (κ2) is 9.36. The molecular weight excluding hydrogens is 450 g/mol. The monoisotopic (exact) mass is 475 g/mol. The number of amides is 1. The Morgan fingerprint density at radius 3 is 2.30 bits per heavy atom. The summed E-state index contributed by atoms with van der Waals surface area (Å²) in [5, 5.41) is 11.3. The average molecular weight is 476 g/mol. The molecule has 2 aromatic rings. The van der Waals surface area contributed by atoms with E-state index in [1.165, 1.54) is 18.2 Å². The molecule has 1 unspecified atom stereocenters. The number of carbonyl (C=O) groups is 1. The maximum absolute atomic E-state index is 13.3. The molecule has 0 N–H and O–H groups in total. The maximum Gasteiger partial charge on any atom is 0.270 e. The number of rotatable bonds is 6. The minimum atomic E-state index is -2.98. The minimum Gasteiger partial charge on any atom is -0.497 e. The van der Waals surface area contributed by atoms with Crippen LogP contribution in [0.15, 0.2) is 42.5 Å². The van der Waals surface area contributed by atoms with E-state index in [0.29, 0.717) is 44.1 Å². The van der Waals surface area contributed by atoms with Gasteiger partial charge in [-0.3, -0.25) is 19.8 Å². The molecule has 2 aliphatic heterocycles. The number of nitrogens with zero attached hydrogens (tertiary/aromatic N) is 3. The lowest BCUT2D eigenvalue weighted by molar-refractivity contribution is -0.384. The quantitative estimate of drug-likeness (QED) is 0.461. The van der Waals surface area contributed by atoms with E-state index in [2.05, 4.69) is 4.90 Å². The van der Waals surface area contributed by atoms with E-state index in [1.807, 2.05) is 0 Å². The molecule has 176 valence electrons. The summed E-state index contributed by atoms with van der Waals surface area (Å²) in [7, 11) is -1.43. The zero-order chi connectivity index (χ0) is 23.6. The topological polar surface area (TPSA) is 119 Å². The van der Waals surface area contributed by atoms with Gasteiger partial charge in [-0.1, -0.05) is 0 Å². The molecule has 0 aliphatic carbocycles. The Labute approximate surface area is 191 Å². The van der Waals surface area contributed by atoms with Crippen LogP contribution in [0.2, 0.25) is 0 Å². The number of hydrogen-bond acceptors (Lipinski definition) is 8. The fraction of sp³-hybridized carbons (Fsp3) is 0.409. The number of methoxy groups -OCH3 is 1. The van der Waals surface area contributed by atoms with Gasteiger partial charge in [-0.05, 0) is 36.8 Å². The Kier molecular flexibility index (Phi) is 6.52. The van der Waals surface area contributed by atoms with Gasteiger partial charge in [0.05, 0.1) is 29.1 Å². The molecule has 2 aliphatic rings. The van der Waals surface area contributed by atoms with Crippen molar-refractivity contribution in [3.63, 3.8) is 0 Å². The fourth-order valence-electron chi connectivity index (χ4n) is 4.18. The van der Waals surface area contributed by atoms with E-state index in [0.717, 1.165) is 0 Å². The summed E-state index contributed by atoms with van der Waals surface area (Å²) in [5.41, 5.74) is -0.0906. The highest BCUT2D eigenvalue weighted by Crippen LogP contribution is 2.31. The Hall–Kier alpha value is -3.18. The summed E-state index contributed by atoms with van der Waals surface area (Å²) in [4.78, 5) is 27.8. The van der Waals surface area contributed by atoms with Crippen molar-refractivity contribution in [2.45, 2.75) is 12.5 Å². The first kappa shape index (κ1) is 23.0. The van der Waals surface area contributed by atoms with Crippen LogP contribution in [0.1, 0.15) is 16.8 Å². The van der Waals surface area contributed by atoms with Gasteiger partial charge < -0.3 is 14.4 Å². The predicted molar refractivity (Wildman–Crippen MR) is 121 cm³/mol. The smallest absolute Gasteiger partial charge is 0.270 e. The van der Waals surface area contributed by atoms with Gasteiger partial charge in [-0.15, -0.1) is 0 Å². The Morgan fingerprint density at radius 2 is 1.73 bits per heavy atom. The molecule has 2 saturated heterocycles. The number of sulfone groups is 1. The second-order valence-electron chi connectivity index (χ2n) is 8.10. The zero-order valence-electron chi connectivity index (χ0n) is 18.2. The number of carbonyl (C=O) groups excluding carboxylic acids is 1. The molecule has 1 atom stereocenters. The molecule has 11 heteroatoms. The zero-order valence-corrected chi connectivity index (χ0v) is 19.0. The van der Waals surface area contributed by atoms with Gasteiger partial charge >= 0.3 is 0 Å². The van der Waals surface area contributed by atoms with Gasteiger partial charge in [0.1, 0.15) is 17.2 Å². The summed E-state index contributed by atoms with van der Waals surface area (Å²) in [6.07, 6.45) is 0.612. The number of nitro benzene ring substituents is 1. The van der Waals surface area contributed by atoms with Crippen LogP contribution in [-0.2, 0) is 9.84 Å². The van der Waals surface area contributed by atoms with Crippen molar-refractivity contribution in [1.82, 2.24) is 9.80 Å². The van der Waals surface area contributed by atoms with Gasteiger partial charge in [0, 0.05) is 44.4 Å². The van der Waals surface area contributed by atoms with Gasteiger partial charge in [0.15, 0.2) is 9.84 Å². The first-order valence-corrected chi connectivity index (χ1v) is 12.4. The fourth-order valence-corrected chi connectivity index (χ4v) is 5.94. The van der Waals surface area contributed by atoms with E-state index >= 15 is 0 Å². The molecule has 0 bridgehead atoms. The van der Waals surface area contributed by atoms with E-state index in [4.69, 9.17) is 9.47 Å². The van der Waals surface area contributed by atoms with Crippen LogP contribution >= 0.6 is 0 Å². The van der Waals surface area contributed by atoms with Crippen LogP contribution in [0, 0.1) is 10.1 Å². The highest BCUT2D eigenvalue weighted by atomic mass is 32.2. The van der Waals surface area contributed by atoms with Crippen molar-refractivity contribution in [2.24, 2.45) is 0 Å². The summed E-state index contributed by atoms with van der Waals surface area (Å²) >= 11 is 0. The lowest BCUT2D eigenvalue weighted by atomic mass is 10.1. The number of nitro groups is 1. The molecule has 1 amide bonds. The lowest BCUT2D eigenvalue weighted by Gasteiger charge is -2.37. The SMILES string of the molecule is COc1ccc(Oc2ccc([N+](=O)[O-])cc2C(=O)N2CCN(C3CCS(=O)(=O)C3)CC2)cc1. The molecule has 10 nitrogen and oxygen atoms in total. The van der Waals surface area contributed by atoms with Crippen LogP contribution in [0.4, 0.5) is 5.69 Å². The molecule has 0 spiro atoms. The molecule has 0 radical (unpaired) electrons. The van der Waals surface area contributed by atoms with Crippen molar-refractivity contribution >= 4 is 21.4 Å². The number of piperazine rings is 1. The van der Waals surface area contributed by atoms with Crippen LogP contribution in [0.3, 0.4) is 0 Å². The highest BCUT2D eigenvalue weighted by Gasteiger charge is 2.35. The normalized spacial score (nSPS) is 20.4. The average Bonchev–Trinajstić information content (AvgIpc) is 3.19. The van der Waals surface area contributed by atoms with E-state index in [1.54, 1.807) is 36.3 Å². The molecule has 0 saturated carbocycles. The molecule has 2 aromatic carbocycles. The lowest BCUT2D eigenvalue weighted by Crippen LogP contribution is -2.52. The van der Waals surface area contributed by atoms with Crippen molar-refractivity contribution in [3.05, 3.63) is 58.1 Å². The van der Waals surface area contributed by atoms with E-state index < -0.39 is 14.8 Å². The number of non-ortho nitro benzene ring substituents is 1. The molecule has 33 heavy (non-hydrogen) atoms. The number of benzene rings is 2. The molecular formula is C22H25N3O7S. The van der Waals surface area contributed by atoms with Gasteiger partial charge in [0.2, 0.25) is 0 Å². The Balaban J connectivity index is 1.51. The summed E-state index contributed by atoms with van der Waals surface area (Å²) in [6, 6.07) is 10.7. The first-order chi connectivity index (χ1) is 15.8. The van der Waals surface area contributed by atoms with Gasteiger partial charge in [0.25, 0.3) is 11.6 Å². The second-order valence-corrected chi connectivity index (χ2v) is 10.3. The molecule has 0 aromatic heterocycles. The summed E-state index contributed by atoms with van der Waals surface area (Å²) < 4.78 is 34.6. The third-order valence-electron chi connectivity index (χ3n) is 6.02. The van der Waals surface area contributed by atoms with Crippen LogP contribution in [-0.4, -0.2) is 79.9 Å². The third-order valence-corrected chi connectivity index (χ3v) is 7.77. The first-order valence-electron chi connectivity index (χ1n) is 10.6. The number of hydrogen-bond donors (Lipinski definition) is 0. The third kappa shape index (κ3) is 5.25. The molecule has 2 heterocycles. The Bertz CT molecular complexity index is 1140. The predicted octanol–water partition coefficient (Wildman–Crippen LogP) is 2.34. The minimum absolute atomic E-state index is 0.0148. The van der Waals surface area contributed by atoms with Crippen LogP contribution in [0.5, 0.6) is 17.2 Å².